The van der Waals surface area contributed by atoms with Gasteiger partial charge in [0, 0.05) is 25.2 Å². The summed E-state index contributed by atoms with van der Waals surface area (Å²) >= 11 is 0. The number of rotatable bonds is 4. The monoisotopic (exact) mass is 248 g/mol. The highest BCUT2D eigenvalue weighted by molar-refractivity contribution is 5.19. The van der Waals surface area contributed by atoms with Crippen LogP contribution >= 0.6 is 0 Å². The van der Waals surface area contributed by atoms with Crippen molar-refractivity contribution in [2.45, 2.75) is 32.0 Å². The molecule has 18 heavy (non-hydrogen) atoms. The smallest absolute Gasteiger partial charge is 0.0674 e. The number of likely N-dealkylation sites (N-methyl/N-ethyl adjacent to an activating group) is 1. The number of nitrogens with one attached hydrogen (secondary N) is 1. The Kier molecular flexibility index (Phi) is 4.75. The van der Waals surface area contributed by atoms with Gasteiger partial charge in [0.15, 0.2) is 0 Å². The predicted molar refractivity (Wildman–Crippen MR) is 74.7 cm³/mol. The maximum Gasteiger partial charge on any atom is 0.0674 e. The zero-order valence-corrected chi connectivity index (χ0v) is 11.6. The van der Waals surface area contributed by atoms with E-state index in [9.17, 15) is 0 Å². The van der Waals surface area contributed by atoms with Gasteiger partial charge in [-0.05, 0) is 26.5 Å². The van der Waals surface area contributed by atoms with Gasteiger partial charge in [0.05, 0.1) is 12.7 Å². The quantitative estimate of drug-likeness (QED) is 0.882. The van der Waals surface area contributed by atoms with Crippen LogP contribution in [-0.4, -0.2) is 43.8 Å². The minimum absolute atomic E-state index is 0.342. The van der Waals surface area contributed by atoms with Gasteiger partial charge in [-0.1, -0.05) is 30.3 Å². The van der Waals surface area contributed by atoms with Crippen LogP contribution in [0.3, 0.4) is 0 Å². The molecule has 1 aliphatic heterocycles. The lowest BCUT2D eigenvalue weighted by Crippen LogP contribution is -2.49. The molecule has 1 N–H and O–H groups in total. The Hall–Kier alpha value is -0.900. The van der Waals surface area contributed by atoms with Gasteiger partial charge in [-0.25, -0.2) is 0 Å². The van der Waals surface area contributed by atoms with Crippen molar-refractivity contribution < 1.29 is 4.74 Å². The van der Waals surface area contributed by atoms with Gasteiger partial charge in [0.2, 0.25) is 0 Å². The van der Waals surface area contributed by atoms with Gasteiger partial charge in [0.1, 0.15) is 0 Å². The molecule has 1 aromatic rings. The molecule has 0 amide bonds. The molecule has 2 rings (SSSR count). The number of nitrogens with zero attached hydrogens (tertiary/aromatic N) is 1. The van der Waals surface area contributed by atoms with Crippen LogP contribution in [0.25, 0.3) is 0 Å². The molecule has 100 valence electrons. The number of hydrogen-bond donors (Lipinski definition) is 1. The molecule has 0 aliphatic carbocycles. The van der Waals surface area contributed by atoms with Crippen LogP contribution in [0.15, 0.2) is 30.3 Å². The lowest BCUT2D eigenvalue weighted by atomic mass is 10.1. The highest BCUT2D eigenvalue weighted by Crippen LogP contribution is 2.18. The Labute approximate surface area is 110 Å². The average molecular weight is 248 g/mol. The van der Waals surface area contributed by atoms with Gasteiger partial charge in [-0.2, -0.15) is 0 Å². The minimum Gasteiger partial charge on any atom is -0.376 e. The lowest BCUT2D eigenvalue weighted by Gasteiger charge is -2.38. The third-order valence-corrected chi connectivity index (χ3v) is 3.70. The first-order chi connectivity index (χ1) is 8.70. The molecule has 1 fully saturated rings. The van der Waals surface area contributed by atoms with E-state index in [1.807, 2.05) is 7.05 Å². The first-order valence-corrected chi connectivity index (χ1v) is 6.78. The number of benzene rings is 1. The van der Waals surface area contributed by atoms with Crippen molar-refractivity contribution in [3.8, 4) is 0 Å². The molecule has 1 saturated heterocycles. The fourth-order valence-corrected chi connectivity index (χ4v) is 2.51. The molecule has 0 aromatic heterocycles. The molecule has 3 unspecified atom stereocenters. The summed E-state index contributed by atoms with van der Waals surface area (Å²) in [7, 11) is 2.03. The molecule has 1 heterocycles. The Morgan fingerprint density at radius 3 is 2.72 bits per heavy atom. The fraction of sp³-hybridized carbons (Fsp3) is 0.600. The highest BCUT2D eigenvalue weighted by Gasteiger charge is 2.25. The molecule has 0 saturated carbocycles. The number of morpholine rings is 1. The van der Waals surface area contributed by atoms with E-state index in [0.29, 0.717) is 18.2 Å². The Balaban J connectivity index is 2.01. The number of hydrogen-bond acceptors (Lipinski definition) is 3. The fourth-order valence-electron chi connectivity index (χ4n) is 2.51. The molecule has 0 radical (unpaired) electrons. The summed E-state index contributed by atoms with van der Waals surface area (Å²) in [5.74, 6) is 0. The van der Waals surface area contributed by atoms with Crippen molar-refractivity contribution in [3.63, 3.8) is 0 Å². The normalized spacial score (nSPS) is 27.1. The van der Waals surface area contributed by atoms with Crippen LogP contribution in [0, 0.1) is 0 Å². The van der Waals surface area contributed by atoms with Crippen molar-refractivity contribution in [1.29, 1.82) is 0 Å². The SMILES string of the molecule is CNC(CN1CC(C)OCC1C)c1ccccc1. The van der Waals surface area contributed by atoms with Crippen LogP contribution in [0.5, 0.6) is 0 Å². The molecule has 0 bridgehead atoms. The van der Waals surface area contributed by atoms with Gasteiger partial charge in [-0.3, -0.25) is 4.90 Å². The summed E-state index contributed by atoms with van der Waals surface area (Å²) in [4.78, 5) is 2.52. The second-order valence-electron chi connectivity index (χ2n) is 5.20. The Morgan fingerprint density at radius 1 is 1.33 bits per heavy atom. The molecule has 1 aliphatic rings. The maximum absolute atomic E-state index is 5.68. The van der Waals surface area contributed by atoms with E-state index in [2.05, 4.69) is 54.4 Å². The second kappa shape index (κ2) is 6.32. The lowest BCUT2D eigenvalue weighted by molar-refractivity contribution is -0.0519. The van der Waals surface area contributed by atoms with E-state index in [0.717, 1.165) is 19.7 Å². The van der Waals surface area contributed by atoms with Gasteiger partial charge in [-0.15, -0.1) is 0 Å². The van der Waals surface area contributed by atoms with E-state index < -0.39 is 0 Å². The largest absolute Gasteiger partial charge is 0.376 e. The van der Waals surface area contributed by atoms with Crippen molar-refractivity contribution in [1.82, 2.24) is 10.2 Å². The molecular weight excluding hydrogens is 224 g/mol. The summed E-state index contributed by atoms with van der Waals surface area (Å²) in [5.41, 5.74) is 1.35. The van der Waals surface area contributed by atoms with E-state index in [1.54, 1.807) is 0 Å². The van der Waals surface area contributed by atoms with Gasteiger partial charge in [0.25, 0.3) is 0 Å². The standard InChI is InChI=1S/C15H24N2O/c1-12-11-18-13(2)9-17(12)10-15(16-3)14-7-5-4-6-8-14/h4-8,12-13,15-16H,9-11H2,1-3H3. The van der Waals surface area contributed by atoms with E-state index in [4.69, 9.17) is 4.74 Å². The van der Waals surface area contributed by atoms with Crippen LogP contribution in [-0.2, 0) is 4.74 Å². The minimum atomic E-state index is 0.342. The zero-order valence-electron chi connectivity index (χ0n) is 11.6. The molecule has 3 nitrogen and oxygen atoms in total. The summed E-state index contributed by atoms with van der Waals surface area (Å²) in [6, 6.07) is 11.5. The van der Waals surface area contributed by atoms with Crippen molar-refractivity contribution in [2.75, 3.05) is 26.7 Å². The van der Waals surface area contributed by atoms with E-state index in [1.165, 1.54) is 5.56 Å². The summed E-state index contributed by atoms with van der Waals surface area (Å²) < 4.78 is 5.68. The first kappa shape index (κ1) is 13.5. The second-order valence-corrected chi connectivity index (χ2v) is 5.20. The summed E-state index contributed by atoms with van der Waals surface area (Å²) in [6.45, 7) is 7.29. The highest BCUT2D eigenvalue weighted by atomic mass is 16.5. The van der Waals surface area contributed by atoms with E-state index >= 15 is 0 Å². The van der Waals surface area contributed by atoms with Gasteiger partial charge >= 0.3 is 0 Å². The Bertz CT molecular complexity index is 355. The topological polar surface area (TPSA) is 24.5 Å². The maximum atomic E-state index is 5.68. The molecule has 3 heteroatoms. The molecule has 1 aromatic carbocycles. The van der Waals surface area contributed by atoms with Crippen LogP contribution < -0.4 is 5.32 Å². The summed E-state index contributed by atoms with van der Waals surface area (Å²) in [6.07, 6.45) is 0.342. The van der Waals surface area contributed by atoms with Crippen LogP contribution in [0.1, 0.15) is 25.5 Å². The zero-order chi connectivity index (χ0) is 13.0. The molecular formula is C15H24N2O. The van der Waals surface area contributed by atoms with Crippen molar-refractivity contribution in [2.24, 2.45) is 0 Å². The number of ether oxygens (including phenoxy) is 1. The van der Waals surface area contributed by atoms with Gasteiger partial charge < -0.3 is 10.1 Å². The van der Waals surface area contributed by atoms with E-state index in [-0.39, 0.29) is 0 Å². The van der Waals surface area contributed by atoms with Crippen molar-refractivity contribution in [3.05, 3.63) is 35.9 Å². The third-order valence-electron chi connectivity index (χ3n) is 3.70. The first-order valence-electron chi connectivity index (χ1n) is 6.78. The third kappa shape index (κ3) is 3.31. The molecule has 3 atom stereocenters. The van der Waals surface area contributed by atoms with Crippen molar-refractivity contribution >= 4 is 0 Å². The Morgan fingerprint density at radius 2 is 2.06 bits per heavy atom. The summed E-state index contributed by atoms with van der Waals surface area (Å²) in [5, 5.41) is 3.42. The van der Waals surface area contributed by atoms with Crippen LogP contribution in [0.2, 0.25) is 0 Å². The van der Waals surface area contributed by atoms with Crippen LogP contribution in [0.4, 0.5) is 0 Å². The average Bonchev–Trinajstić information content (AvgIpc) is 2.41. The predicted octanol–water partition coefficient (Wildman–Crippen LogP) is 2.06. The molecule has 0 spiro atoms.